The van der Waals surface area contributed by atoms with Crippen LogP contribution >= 0.6 is 0 Å². The maximum atomic E-state index is 13.0. The molecule has 0 amide bonds. The van der Waals surface area contributed by atoms with Crippen molar-refractivity contribution in [3.8, 4) is 11.6 Å². The predicted molar refractivity (Wildman–Crippen MR) is 76.7 cm³/mol. The van der Waals surface area contributed by atoms with Gasteiger partial charge in [0.1, 0.15) is 23.7 Å². The van der Waals surface area contributed by atoms with Crippen molar-refractivity contribution < 1.29 is 9.13 Å². The number of ether oxygens (including phenoxy) is 1. The van der Waals surface area contributed by atoms with Crippen LogP contribution in [0.3, 0.4) is 0 Å². The first-order valence-electron chi connectivity index (χ1n) is 6.39. The molecule has 0 spiro atoms. The van der Waals surface area contributed by atoms with E-state index in [-0.39, 0.29) is 5.75 Å². The van der Waals surface area contributed by atoms with Crippen molar-refractivity contribution in [3.63, 3.8) is 0 Å². The van der Waals surface area contributed by atoms with Gasteiger partial charge in [0.05, 0.1) is 12.4 Å². The molecule has 1 atom stereocenters. The van der Waals surface area contributed by atoms with E-state index >= 15 is 0 Å². The highest BCUT2D eigenvalue weighted by atomic mass is 19.1. The van der Waals surface area contributed by atoms with Gasteiger partial charge in [-0.25, -0.2) is 19.0 Å². The molecule has 3 heterocycles. The molecule has 0 aliphatic carbocycles. The van der Waals surface area contributed by atoms with Crippen LogP contribution in [0.1, 0.15) is 0 Å². The van der Waals surface area contributed by atoms with Crippen molar-refractivity contribution in [2.24, 2.45) is 0 Å². The fraction of sp³-hybridized carbons (Fsp3) is 0.0714. The highest BCUT2D eigenvalue weighted by Crippen LogP contribution is 2.14. The van der Waals surface area contributed by atoms with Gasteiger partial charge >= 0.3 is 0 Å². The smallest absolute Gasteiger partial charge is 0.171 e. The molecule has 3 rings (SSSR count). The van der Waals surface area contributed by atoms with Crippen LogP contribution in [0, 0.1) is 12.7 Å². The minimum atomic E-state index is -0.677. The Kier molecular flexibility index (Phi) is 3.90. The third kappa shape index (κ3) is 3.35. The molecule has 3 aromatic heterocycles. The zero-order chi connectivity index (χ0) is 15.4. The second kappa shape index (κ2) is 6.17. The third-order valence-corrected chi connectivity index (χ3v) is 2.66. The Hall–Kier alpha value is -3.03. The van der Waals surface area contributed by atoms with E-state index in [1.54, 1.807) is 29.2 Å². The number of nitrogens with zero attached hydrogens (tertiary/aromatic N) is 5. The van der Waals surface area contributed by atoms with Crippen LogP contribution in [0.15, 0.2) is 49.3 Å². The first kappa shape index (κ1) is 13.9. The molecule has 111 valence electrons. The van der Waals surface area contributed by atoms with Crippen LogP contribution in [0.2, 0.25) is 0 Å². The van der Waals surface area contributed by atoms with Crippen LogP contribution < -0.4 is 10.1 Å². The van der Waals surface area contributed by atoms with Crippen molar-refractivity contribution >= 4 is 5.82 Å². The Bertz CT molecular complexity index is 749. The zero-order valence-electron chi connectivity index (χ0n) is 11.4. The fourth-order valence-electron chi connectivity index (χ4n) is 1.77. The first-order chi connectivity index (χ1) is 10.7. The molecular formula is C14H12FN6O. The summed E-state index contributed by atoms with van der Waals surface area (Å²) in [6, 6.07) is 4.71. The third-order valence-electron chi connectivity index (χ3n) is 2.66. The molecule has 0 aromatic carbocycles. The standard InChI is InChI=1S/C14H12FN6O/c1-10(22-12-5-11(15)7-16-8-12)20-13-6-14(18-9-17-13)21-4-2-3-19-21/h2-10H,1H2,(H,17,18,20). The van der Waals surface area contributed by atoms with E-state index < -0.39 is 12.0 Å². The summed E-state index contributed by atoms with van der Waals surface area (Å²) < 4.78 is 20.1. The molecule has 0 aliphatic rings. The van der Waals surface area contributed by atoms with Gasteiger partial charge in [0, 0.05) is 31.5 Å². The summed E-state index contributed by atoms with van der Waals surface area (Å²) in [7, 11) is 0. The number of rotatable bonds is 5. The number of hydrogen-bond acceptors (Lipinski definition) is 6. The van der Waals surface area contributed by atoms with E-state index in [2.05, 4.69) is 32.3 Å². The molecule has 1 radical (unpaired) electrons. The monoisotopic (exact) mass is 299 g/mol. The Morgan fingerprint density at radius 2 is 2.18 bits per heavy atom. The molecule has 1 N–H and O–H groups in total. The van der Waals surface area contributed by atoms with E-state index in [0.29, 0.717) is 11.6 Å². The van der Waals surface area contributed by atoms with E-state index in [0.717, 1.165) is 6.20 Å². The van der Waals surface area contributed by atoms with E-state index in [4.69, 9.17) is 4.74 Å². The lowest BCUT2D eigenvalue weighted by Gasteiger charge is -2.16. The van der Waals surface area contributed by atoms with Gasteiger partial charge < -0.3 is 10.1 Å². The number of aromatic nitrogens is 5. The fourth-order valence-corrected chi connectivity index (χ4v) is 1.77. The zero-order valence-corrected chi connectivity index (χ0v) is 11.4. The average Bonchev–Trinajstić information content (AvgIpc) is 3.01. The average molecular weight is 299 g/mol. The van der Waals surface area contributed by atoms with Gasteiger partial charge in [-0.3, -0.25) is 4.98 Å². The van der Waals surface area contributed by atoms with Crippen molar-refractivity contribution in [1.29, 1.82) is 0 Å². The van der Waals surface area contributed by atoms with Crippen molar-refractivity contribution in [2.45, 2.75) is 6.23 Å². The van der Waals surface area contributed by atoms with Gasteiger partial charge in [-0.1, -0.05) is 0 Å². The normalized spacial score (nSPS) is 11.9. The van der Waals surface area contributed by atoms with Crippen LogP contribution in [0.4, 0.5) is 10.2 Å². The molecule has 3 aromatic rings. The molecule has 7 nitrogen and oxygen atoms in total. The van der Waals surface area contributed by atoms with Gasteiger partial charge in [0.2, 0.25) is 0 Å². The lowest BCUT2D eigenvalue weighted by molar-refractivity contribution is 0.272. The SMILES string of the molecule is [CH2]C(Nc1cc(-n2cccn2)ncn1)Oc1cncc(F)c1. The molecule has 0 bridgehead atoms. The molecule has 0 fully saturated rings. The summed E-state index contributed by atoms with van der Waals surface area (Å²) in [4.78, 5) is 11.9. The lowest BCUT2D eigenvalue weighted by Crippen LogP contribution is -2.23. The Morgan fingerprint density at radius 1 is 1.27 bits per heavy atom. The number of nitrogens with one attached hydrogen (secondary N) is 1. The van der Waals surface area contributed by atoms with Gasteiger partial charge in [-0.05, 0) is 6.07 Å². The molecular weight excluding hydrogens is 287 g/mol. The number of hydrogen-bond donors (Lipinski definition) is 1. The quantitative estimate of drug-likeness (QED) is 0.724. The second-order valence-electron chi connectivity index (χ2n) is 4.30. The topological polar surface area (TPSA) is 77.8 Å². The molecule has 0 saturated carbocycles. The van der Waals surface area contributed by atoms with Gasteiger partial charge in [-0.15, -0.1) is 0 Å². The maximum absolute atomic E-state index is 13.0. The van der Waals surface area contributed by atoms with E-state index in [1.165, 1.54) is 18.6 Å². The number of anilines is 1. The second-order valence-corrected chi connectivity index (χ2v) is 4.30. The Balaban J connectivity index is 1.69. The molecule has 1 unspecified atom stereocenters. The van der Waals surface area contributed by atoms with Crippen LogP contribution in [-0.2, 0) is 0 Å². The molecule has 8 heteroatoms. The van der Waals surface area contributed by atoms with Gasteiger partial charge in [0.15, 0.2) is 12.0 Å². The highest BCUT2D eigenvalue weighted by molar-refractivity contribution is 5.41. The van der Waals surface area contributed by atoms with Crippen LogP contribution in [0.25, 0.3) is 5.82 Å². The van der Waals surface area contributed by atoms with Crippen molar-refractivity contribution in [2.75, 3.05) is 5.32 Å². The summed E-state index contributed by atoms with van der Waals surface area (Å²) in [6.07, 6.45) is 6.64. The summed E-state index contributed by atoms with van der Waals surface area (Å²) in [5, 5.41) is 7.02. The largest absolute Gasteiger partial charge is 0.469 e. The minimum Gasteiger partial charge on any atom is -0.469 e. The van der Waals surface area contributed by atoms with E-state index in [1.807, 2.05) is 0 Å². The summed E-state index contributed by atoms with van der Waals surface area (Å²) in [5.41, 5.74) is 0. The van der Waals surface area contributed by atoms with Crippen LogP contribution in [-0.4, -0.2) is 31.0 Å². The first-order valence-corrected chi connectivity index (χ1v) is 6.39. The predicted octanol–water partition coefficient (Wildman–Crippen LogP) is 1.85. The number of pyridine rings is 1. The summed E-state index contributed by atoms with van der Waals surface area (Å²) in [6.45, 7) is 3.78. The van der Waals surface area contributed by atoms with Crippen LogP contribution in [0.5, 0.6) is 5.75 Å². The summed E-state index contributed by atoms with van der Waals surface area (Å²) >= 11 is 0. The van der Waals surface area contributed by atoms with E-state index in [9.17, 15) is 4.39 Å². The molecule has 22 heavy (non-hydrogen) atoms. The highest BCUT2D eigenvalue weighted by Gasteiger charge is 2.07. The van der Waals surface area contributed by atoms with Gasteiger partial charge in [-0.2, -0.15) is 5.10 Å². The maximum Gasteiger partial charge on any atom is 0.171 e. The summed E-state index contributed by atoms with van der Waals surface area (Å²) in [5.74, 6) is 0.897. The minimum absolute atomic E-state index is 0.272. The lowest BCUT2D eigenvalue weighted by atomic mass is 10.4. The van der Waals surface area contributed by atoms with Crippen molar-refractivity contribution in [3.05, 3.63) is 62.1 Å². The molecule has 0 aliphatic heterocycles. The Morgan fingerprint density at radius 3 is 2.95 bits per heavy atom. The van der Waals surface area contributed by atoms with Gasteiger partial charge in [0.25, 0.3) is 0 Å². The molecule has 0 saturated heterocycles. The number of halogens is 1. The Labute approximate surface area is 125 Å². The van der Waals surface area contributed by atoms with Crippen molar-refractivity contribution in [1.82, 2.24) is 24.7 Å².